The van der Waals surface area contributed by atoms with Gasteiger partial charge in [-0.05, 0) is 83.5 Å². The number of rotatable bonds is 40. The summed E-state index contributed by atoms with van der Waals surface area (Å²) < 4.78 is 33.4. The predicted molar refractivity (Wildman–Crippen MR) is 273 cm³/mol. The summed E-state index contributed by atoms with van der Waals surface area (Å²) in [5.74, 6) is -1.41. The lowest BCUT2D eigenvalue weighted by Gasteiger charge is -2.41. The fraction of sp³-hybridized carbons (Fsp3) is 0.630. The molecule has 0 amide bonds. The Morgan fingerprint density at radius 3 is 1.54 bits per heavy atom. The maximum Gasteiger partial charge on any atom is 0.472 e. The van der Waals surface area contributed by atoms with Crippen LogP contribution >= 0.6 is 7.82 Å². The normalized spacial score (nSPS) is 22.3. The number of hydrogen-bond donors (Lipinski definition) is 7. The Bertz CT molecular complexity index is 1630. The molecule has 7 N–H and O–H groups in total. The number of phosphoric ester groups is 1. The SMILES string of the molecule is CC/C=C\C/C=C\C/C=C\C/C=C\C/C=C\C=C/C(O)CCC(=O)OC[C@H](COP(=O)(O)OC1[C@H](O)[C@H](O)C(O)[C@H](O)[C@H]1O)OC(=O)CCCCCCCC/C=C\C/C=C\C/C=C\CCCCCC. The van der Waals surface area contributed by atoms with E-state index in [1.165, 1.54) is 31.8 Å². The second kappa shape index (κ2) is 42.2. The summed E-state index contributed by atoms with van der Waals surface area (Å²) in [6, 6.07) is 0. The van der Waals surface area contributed by atoms with Gasteiger partial charge in [-0.1, -0.05) is 168 Å². The summed E-state index contributed by atoms with van der Waals surface area (Å²) in [6.45, 7) is 2.95. The highest BCUT2D eigenvalue weighted by Gasteiger charge is 2.51. The van der Waals surface area contributed by atoms with E-state index < -0.39 is 81.8 Å². The van der Waals surface area contributed by atoms with Crippen LogP contribution in [0.4, 0.5) is 0 Å². The summed E-state index contributed by atoms with van der Waals surface area (Å²) in [6.07, 6.45) is 41.6. The monoisotopic (exact) mass is 991 g/mol. The largest absolute Gasteiger partial charge is 0.472 e. The number of aliphatic hydroxyl groups is 6. The Kier molecular flexibility index (Phi) is 38.8. The average Bonchev–Trinajstić information content (AvgIpc) is 3.33. The highest BCUT2D eigenvalue weighted by molar-refractivity contribution is 7.47. The van der Waals surface area contributed by atoms with Gasteiger partial charge in [-0.2, -0.15) is 0 Å². The topological polar surface area (TPSA) is 230 Å². The van der Waals surface area contributed by atoms with Crippen LogP contribution in [0.1, 0.15) is 155 Å². The number of allylic oxidation sites excluding steroid dienone is 17. The number of aliphatic hydroxyl groups excluding tert-OH is 6. The molecule has 0 radical (unpaired) electrons. The van der Waals surface area contributed by atoms with Gasteiger partial charge < -0.3 is 45.0 Å². The number of carbonyl (C=O) groups is 2. The van der Waals surface area contributed by atoms with Crippen LogP contribution < -0.4 is 0 Å². The fourth-order valence-electron chi connectivity index (χ4n) is 6.87. The zero-order valence-electron chi connectivity index (χ0n) is 41.4. The molecule has 9 atom stereocenters. The third kappa shape index (κ3) is 34.4. The first-order valence-electron chi connectivity index (χ1n) is 25.3. The van der Waals surface area contributed by atoms with Crippen LogP contribution in [0.2, 0.25) is 0 Å². The van der Waals surface area contributed by atoms with E-state index in [1.807, 2.05) is 12.2 Å². The van der Waals surface area contributed by atoms with E-state index in [0.717, 1.165) is 83.5 Å². The molecule has 0 aromatic carbocycles. The molecule has 0 aromatic rings. The summed E-state index contributed by atoms with van der Waals surface area (Å²) in [5, 5.41) is 60.6. The summed E-state index contributed by atoms with van der Waals surface area (Å²) in [5.41, 5.74) is 0. The summed E-state index contributed by atoms with van der Waals surface area (Å²) in [7, 11) is -5.19. The molecule has 0 spiro atoms. The molecule has 1 aliphatic carbocycles. The second-order valence-electron chi connectivity index (χ2n) is 17.1. The van der Waals surface area contributed by atoms with E-state index in [-0.39, 0.29) is 19.3 Å². The van der Waals surface area contributed by atoms with Crippen molar-refractivity contribution in [2.24, 2.45) is 0 Å². The van der Waals surface area contributed by atoms with Gasteiger partial charge in [0.05, 0.1) is 12.7 Å². The van der Waals surface area contributed by atoms with Crippen molar-refractivity contribution in [3.05, 3.63) is 109 Å². The molecule has 0 aromatic heterocycles. The van der Waals surface area contributed by atoms with E-state index in [2.05, 4.69) is 92.8 Å². The van der Waals surface area contributed by atoms with Crippen LogP contribution in [0.15, 0.2) is 109 Å². The Morgan fingerprint density at radius 2 is 1.00 bits per heavy atom. The molecule has 1 fully saturated rings. The third-order valence-electron chi connectivity index (χ3n) is 11.0. The van der Waals surface area contributed by atoms with Gasteiger partial charge in [0, 0.05) is 12.8 Å². The second-order valence-corrected chi connectivity index (χ2v) is 18.5. The van der Waals surface area contributed by atoms with Crippen LogP contribution in [0.25, 0.3) is 0 Å². The third-order valence-corrected chi connectivity index (χ3v) is 12.0. The van der Waals surface area contributed by atoms with Crippen molar-refractivity contribution in [3.8, 4) is 0 Å². The van der Waals surface area contributed by atoms with Gasteiger partial charge in [0.1, 0.15) is 43.2 Å². The summed E-state index contributed by atoms with van der Waals surface area (Å²) in [4.78, 5) is 35.8. The minimum Gasteiger partial charge on any atom is -0.462 e. The standard InChI is InChI=1S/C54H87O14P/c1-3-5-7-9-11-13-15-17-19-21-22-23-24-26-28-30-32-34-36-38-40-48(57)67-46(44-66-69(63,64)68-54-52(61)50(59)49(58)51(60)53(54)62)43-65-47(56)42-41-45(55)39-37-35-33-31-29-27-25-20-18-16-14-12-10-8-6-4-2/h6,8,12-15,18-21,23-24,27,29,33,35,37,39,45-46,49-55,58-62H,3-5,7,9-11,16-17,22,25-26,28,30-32,34,36,38,40-44H2,1-2H3,(H,63,64)/b8-6-,14-12-,15-13-,20-18-,21-19-,24-23-,29-27-,35-33-,39-37-/t45?,46-,49?,50-,51+,52-,53-,54?/m1/s1. The first kappa shape index (κ1) is 63.5. The molecule has 1 aliphatic rings. The van der Waals surface area contributed by atoms with Crippen molar-refractivity contribution < 1.29 is 68.2 Å². The zero-order chi connectivity index (χ0) is 50.8. The molecule has 69 heavy (non-hydrogen) atoms. The molecular weight excluding hydrogens is 904 g/mol. The van der Waals surface area contributed by atoms with Crippen molar-refractivity contribution in [2.75, 3.05) is 13.2 Å². The van der Waals surface area contributed by atoms with E-state index in [4.69, 9.17) is 18.5 Å². The highest BCUT2D eigenvalue weighted by Crippen LogP contribution is 2.47. The van der Waals surface area contributed by atoms with E-state index >= 15 is 0 Å². The molecule has 1 rings (SSSR count). The maximum absolute atomic E-state index is 12.9. The number of carbonyl (C=O) groups excluding carboxylic acids is 2. The van der Waals surface area contributed by atoms with Gasteiger partial charge in [0.15, 0.2) is 6.10 Å². The van der Waals surface area contributed by atoms with Crippen molar-refractivity contribution in [1.82, 2.24) is 0 Å². The zero-order valence-corrected chi connectivity index (χ0v) is 42.3. The van der Waals surface area contributed by atoms with E-state index in [9.17, 15) is 49.7 Å². The number of phosphoric acid groups is 1. The van der Waals surface area contributed by atoms with Gasteiger partial charge in [0.25, 0.3) is 0 Å². The molecule has 0 heterocycles. The number of esters is 2. The Morgan fingerprint density at radius 1 is 0.536 bits per heavy atom. The lowest BCUT2D eigenvalue weighted by Crippen LogP contribution is -2.64. The Balaban J connectivity index is 2.54. The molecule has 4 unspecified atom stereocenters. The first-order valence-corrected chi connectivity index (χ1v) is 26.8. The molecule has 0 bridgehead atoms. The number of ether oxygens (including phenoxy) is 2. The molecule has 0 saturated heterocycles. The molecule has 1 saturated carbocycles. The number of hydrogen-bond acceptors (Lipinski definition) is 13. The Labute approximate surface area is 413 Å². The van der Waals surface area contributed by atoms with Crippen LogP contribution in [0.5, 0.6) is 0 Å². The first-order chi connectivity index (χ1) is 33.3. The minimum absolute atomic E-state index is 0.0255. The average molecular weight is 991 g/mol. The molecule has 14 nitrogen and oxygen atoms in total. The van der Waals surface area contributed by atoms with Crippen LogP contribution in [0.3, 0.4) is 0 Å². The maximum atomic E-state index is 12.9. The lowest BCUT2D eigenvalue weighted by atomic mass is 9.85. The van der Waals surface area contributed by atoms with Crippen LogP contribution in [-0.2, 0) is 32.7 Å². The van der Waals surface area contributed by atoms with Crippen molar-refractivity contribution in [2.45, 2.75) is 204 Å². The van der Waals surface area contributed by atoms with E-state index in [0.29, 0.717) is 12.8 Å². The molecule has 15 heteroatoms. The van der Waals surface area contributed by atoms with Crippen LogP contribution in [-0.4, -0.2) is 110 Å². The lowest BCUT2D eigenvalue weighted by molar-refractivity contribution is -0.220. The summed E-state index contributed by atoms with van der Waals surface area (Å²) >= 11 is 0. The van der Waals surface area contributed by atoms with Crippen molar-refractivity contribution in [3.63, 3.8) is 0 Å². The quantitative estimate of drug-likeness (QED) is 0.00997. The number of unbranched alkanes of at least 4 members (excludes halogenated alkanes) is 10. The van der Waals surface area contributed by atoms with Gasteiger partial charge >= 0.3 is 19.8 Å². The Hall–Kier alpha value is -3.53. The molecule has 392 valence electrons. The fourth-order valence-corrected chi connectivity index (χ4v) is 7.85. The predicted octanol–water partition coefficient (Wildman–Crippen LogP) is 9.75. The molecule has 0 aliphatic heterocycles. The highest BCUT2D eigenvalue weighted by atomic mass is 31.2. The van der Waals surface area contributed by atoms with Crippen molar-refractivity contribution in [1.29, 1.82) is 0 Å². The van der Waals surface area contributed by atoms with Gasteiger partial charge in [-0.3, -0.25) is 18.6 Å². The molecular formula is C54H87O14P. The van der Waals surface area contributed by atoms with Gasteiger partial charge in [-0.15, -0.1) is 0 Å². The van der Waals surface area contributed by atoms with Gasteiger partial charge in [0.2, 0.25) is 0 Å². The minimum atomic E-state index is -5.19. The van der Waals surface area contributed by atoms with E-state index in [1.54, 1.807) is 12.2 Å². The smallest absolute Gasteiger partial charge is 0.462 e. The van der Waals surface area contributed by atoms with Gasteiger partial charge in [-0.25, -0.2) is 4.57 Å². The van der Waals surface area contributed by atoms with Crippen LogP contribution in [0, 0.1) is 0 Å². The van der Waals surface area contributed by atoms with Crippen molar-refractivity contribution >= 4 is 19.8 Å².